The van der Waals surface area contributed by atoms with E-state index in [1.54, 1.807) is 11.5 Å². The van der Waals surface area contributed by atoms with E-state index in [0.717, 1.165) is 13.8 Å². The number of nitrogens with zero attached hydrogens (tertiary/aromatic N) is 1. The number of nitrogens with one attached hydrogen (secondary N) is 1. The molecule has 0 aliphatic heterocycles. The first-order chi connectivity index (χ1) is 10.3. The van der Waals surface area contributed by atoms with Crippen LogP contribution in [0.3, 0.4) is 0 Å². The molecule has 0 radical (unpaired) electrons. The Morgan fingerprint density at radius 2 is 1.73 bits per heavy atom. The number of ether oxygens (including phenoxy) is 2. The molecule has 0 heterocycles. The predicted molar refractivity (Wildman–Crippen MR) is 74.0 cm³/mol. The van der Waals surface area contributed by atoms with Crippen LogP contribution in [-0.4, -0.2) is 29.7 Å². The van der Waals surface area contributed by atoms with Crippen molar-refractivity contribution in [2.45, 2.75) is 13.8 Å². The molecule has 0 aliphatic carbocycles. The third-order valence-electron chi connectivity index (χ3n) is 2.09. The van der Waals surface area contributed by atoms with Gasteiger partial charge in [-0.3, -0.25) is 14.4 Å². The lowest BCUT2D eigenvalue weighted by Gasteiger charge is -2.09. The minimum absolute atomic E-state index is 0.0427. The molecule has 22 heavy (non-hydrogen) atoms. The third-order valence-corrected chi connectivity index (χ3v) is 2.09. The van der Waals surface area contributed by atoms with Crippen LogP contribution >= 0.6 is 0 Å². The highest BCUT2D eigenvalue weighted by Crippen LogP contribution is 2.19. The number of para-hydroxylation sites is 1. The number of hydrazone groups is 1. The highest BCUT2D eigenvalue weighted by atomic mass is 16.5. The lowest BCUT2D eigenvalue weighted by molar-refractivity contribution is -0.133. The molecule has 0 spiro atoms. The number of hydrogen-bond acceptors (Lipinski definition) is 7. The van der Waals surface area contributed by atoms with Gasteiger partial charge in [0, 0.05) is 13.8 Å². The van der Waals surface area contributed by atoms with Crippen LogP contribution in [0.5, 0.6) is 5.75 Å². The van der Waals surface area contributed by atoms with Crippen LogP contribution in [0.25, 0.3) is 0 Å². The van der Waals surface area contributed by atoms with Crippen LogP contribution in [-0.2, 0) is 14.3 Å². The molecule has 9 heteroatoms. The number of esters is 2. The first-order valence-electron chi connectivity index (χ1n) is 5.95. The van der Waals surface area contributed by atoms with Crippen molar-refractivity contribution in [3.63, 3.8) is 0 Å². The molecule has 1 rings (SSSR count). The number of benzene rings is 1. The number of urea groups is 1. The van der Waals surface area contributed by atoms with Gasteiger partial charge in [-0.1, -0.05) is 12.1 Å². The number of hydrogen-bond donors (Lipinski definition) is 2. The van der Waals surface area contributed by atoms with Crippen molar-refractivity contribution >= 4 is 29.7 Å². The number of carbonyl (C=O) groups excluding carboxylic acids is 4. The van der Waals surface area contributed by atoms with Crippen molar-refractivity contribution in [2.75, 3.05) is 0 Å². The lowest BCUT2D eigenvalue weighted by atomic mass is 10.1. The number of Topliss-reactive ketones (excluding diaryl/α,β-unsaturated/α-hetero) is 1. The van der Waals surface area contributed by atoms with Crippen LogP contribution in [0.4, 0.5) is 4.79 Å². The summed E-state index contributed by atoms with van der Waals surface area (Å²) in [5, 5.41) is 3.32. The van der Waals surface area contributed by atoms with Crippen LogP contribution < -0.4 is 15.9 Å². The average Bonchev–Trinajstić information content (AvgIpc) is 2.42. The SMILES string of the molecule is CC(=O)O/C(=N\NC(N)=O)C(=O)c1ccccc1OC(C)=O. The Labute approximate surface area is 125 Å². The van der Waals surface area contributed by atoms with Crippen LogP contribution in [0.15, 0.2) is 29.4 Å². The van der Waals surface area contributed by atoms with Gasteiger partial charge in [0.2, 0.25) is 0 Å². The van der Waals surface area contributed by atoms with E-state index in [2.05, 4.69) is 9.84 Å². The van der Waals surface area contributed by atoms with E-state index < -0.39 is 29.7 Å². The highest BCUT2D eigenvalue weighted by Gasteiger charge is 2.22. The van der Waals surface area contributed by atoms with E-state index >= 15 is 0 Å². The summed E-state index contributed by atoms with van der Waals surface area (Å²) in [5.74, 6) is -3.10. The summed E-state index contributed by atoms with van der Waals surface area (Å²) in [5.41, 5.74) is 6.53. The first kappa shape index (κ1) is 16.8. The van der Waals surface area contributed by atoms with Crippen molar-refractivity contribution < 1.29 is 28.7 Å². The standard InChI is InChI=1S/C13H13N3O6/c1-7(17)21-10-6-4-3-5-9(10)11(19)12(22-8(2)18)15-16-13(14)20/h3-6H,1-2H3,(H3,14,16,20)/b15-12-. The van der Waals surface area contributed by atoms with E-state index in [4.69, 9.17) is 10.5 Å². The third kappa shape index (κ3) is 5.04. The summed E-state index contributed by atoms with van der Waals surface area (Å²) in [6.07, 6.45) is 0. The summed E-state index contributed by atoms with van der Waals surface area (Å²) in [6.45, 7) is 2.21. The molecule has 9 nitrogen and oxygen atoms in total. The van der Waals surface area contributed by atoms with Crippen molar-refractivity contribution in [1.82, 2.24) is 5.43 Å². The molecule has 0 saturated carbocycles. The molecule has 3 N–H and O–H groups in total. The summed E-state index contributed by atoms with van der Waals surface area (Å²) >= 11 is 0. The minimum Gasteiger partial charge on any atom is -0.426 e. The second kappa shape index (κ2) is 7.53. The number of rotatable bonds is 4. The molecular formula is C13H13N3O6. The maximum Gasteiger partial charge on any atom is 0.332 e. The van der Waals surface area contributed by atoms with E-state index in [-0.39, 0.29) is 11.3 Å². The van der Waals surface area contributed by atoms with Crippen molar-refractivity contribution in [3.05, 3.63) is 29.8 Å². The number of carbonyl (C=O) groups is 4. The molecular weight excluding hydrogens is 294 g/mol. The van der Waals surface area contributed by atoms with E-state index in [0.29, 0.717) is 0 Å². The molecule has 0 fully saturated rings. The maximum atomic E-state index is 12.3. The Kier molecular flexibility index (Phi) is 5.75. The van der Waals surface area contributed by atoms with E-state index in [9.17, 15) is 19.2 Å². The summed E-state index contributed by atoms with van der Waals surface area (Å²) < 4.78 is 9.51. The Bertz CT molecular complexity index is 653. The summed E-state index contributed by atoms with van der Waals surface area (Å²) in [4.78, 5) is 45.0. The molecule has 0 aliphatic rings. The average molecular weight is 307 g/mol. The minimum atomic E-state index is -1.05. The smallest absolute Gasteiger partial charge is 0.332 e. The molecule has 1 aromatic rings. The zero-order valence-corrected chi connectivity index (χ0v) is 11.8. The Morgan fingerprint density at radius 3 is 2.27 bits per heavy atom. The van der Waals surface area contributed by atoms with Gasteiger partial charge in [-0.15, -0.1) is 5.10 Å². The van der Waals surface area contributed by atoms with E-state index in [1.807, 2.05) is 0 Å². The van der Waals surface area contributed by atoms with Crippen LogP contribution in [0.2, 0.25) is 0 Å². The van der Waals surface area contributed by atoms with Gasteiger partial charge in [0.1, 0.15) is 5.75 Å². The predicted octanol–water partition coefficient (Wildman–Crippen LogP) is 0.340. The fourth-order valence-corrected chi connectivity index (χ4v) is 1.38. The van der Waals surface area contributed by atoms with Crippen molar-refractivity contribution in [2.24, 2.45) is 10.8 Å². The van der Waals surface area contributed by atoms with Gasteiger partial charge in [0.15, 0.2) is 0 Å². The van der Waals surface area contributed by atoms with Crippen LogP contribution in [0, 0.1) is 0 Å². The maximum absolute atomic E-state index is 12.3. The van der Waals surface area contributed by atoms with Crippen LogP contribution in [0.1, 0.15) is 24.2 Å². The van der Waals surface area contributed by atoms with Gasteiger partial charge >= 0.3 is 18.0 Å². The summed E-state index contributed by atoms with van der Waals surface area (Å²) in [7, 11) is 0. The topological polar surface area (TPSA) is 137 Å². The number of amides is 2. The van der Waals surface area contributed by atoms with Gasteiger partial charge in [-0.2, -0.15) is 0 Å². The van der Waals surface area contributed by atoms with Gasteiger partial charge in [-0.05, 0) is 12.1 Å². The zero-order chi connectivity index (χ0) is 16.7. The lowest BCUT2D eigenvalue weighted by Crippen LogP contribution is -2.30. The molecule has 2 amide bonds. The van der Waals surface area contributed by atoms with Crippen molar-refractivity contribution in [1.29, 1.82) is 0 Å². The second-order valence-electron chi connectivity index (χ2n) is 3.91. The van der Waals surface area contributed by atoms with Gasteiger partial charge in [0.25, 0.3) is 11.7 Å². The highest BCUT2D eigenvalue weighted by molar-refractivity contribution is 6.44. The molecule has 0 atom stereocenters. The number of nitrogens with two attached hydrogens (primary N) is 1. The molecule has 116 valence electrons. The van der Waals surface area contributed by atoms with E-state index in [1.165, 1.54) is 18.2 Å². The largest absolute Gasteiger partial charge is 0.426 e. The number of ketones is 1. The Morgan fingerprint density at radius 1 is 1.09 bits per heavy atom. The van der Waals surface area contributed by atoms with Gasteiger partial charge in [-0.25, -0.2) is 10.2 Å². The molecule has 0 saturated heterocycles. The Hall–Kier alpha value is -3.23. The quantitative estimate of drug-likeness (QED) is 0.205. The van der Waals surface area contributed by atoms with Gasteiger partial charge < -0.3 is 15.2 Å². The normalized spacial score (nSPS) is 10.5. The fraction of sp³-hybridized carbons (Fsp3) is 0.154. The molecule has 0 unspecified atom stereocenters. The fourth-order valence-electron chi connectivity index (χ4n) is 1.38. The Balaban J connectivity index is 3.18. The first-order valence-corrected chi connectivity index (χ1v) is 5.95. The molecule has 0 bridgehead atoms. The van der Waals surface area contributed by atoms with Gasteiger partial charge in [0.05, 0.1) is 5.56 Å². The van der Waals surface area contributed by atoms with Crippen molar-refractivity contribution in [3.8, 4) is 5.75 Å². The number of primary amides is 1. The summed E-state index contributed by atoms with van der Waals surface area (Å²) in [6, 6.07) is 4.71. The molecule has 0 aromatic heterocycles. The second-order valence-corrected chi connectivity index (χ2v) is 3.91. The monoisotopic (exact) mass is 307 g/mol. The molecule has 1 aromatic carbocycles. The zero-order valence-electron chi connectivity index (χ0n) is 11.8.